The van der Waals surface area contributed by atoms with Crippen molar-refractivity contribution >= 4 is 165 Å². The zero-order chi connectivity index (χ0) is 74.7. The molecule has 4 aromatic carbocycles. The maximum absolute atomic E-state index is 11.6. The lowest BCUT2D eigenvalue weighted by atomic mass is 9.77. The van der Waals surface area contributed by atoms with Crippen molar-refractivity contribution in [1.29, 1.82) is 0 Å². The predicted molar refractivity (Wildman–Crippen MR) is 416 cm³/mol. The van der Waals surface area contributed by atoms with Crippen LogP contribution in [0.4, 0.5) is 20.5 Å². The minimum atomic E-state index is -1.12. The van der Waals surface area contributed by atoms with Crippen molar-refractivity contribution in [3.05, 3.63) is 122 Å². The molecule has 17 N–H and O–H groups in total. The molecule has 11 heterocycles. The third kappa shape index (κ3) is 19.8. The first-order valence-electron chi connectivity index (χ1n) is 33.6. The standard InChI is InChI=1S/C18H24BN5O4S2.C15H17BN4O4S2.C15H17BN4O3S2.C14H17BN4O4S2/c1-11-2-3-12-10-13(19(27)28-15(12)14(11)16(25)26)29-18-23-22-17(30-18)21-6-9-24-7-4-20-5-8-24;1-7-2-3-8-4-10(16(23)24-12(8)11(7)13(21)22)25-15-20-19-14(26-15)18-9-5-17-6-9;1-8(21)11-4-2-3-9-5-12(16(22)23-13(9)11)24-15-20-19-14(25-15)18-10-6-17-7-10;1-7-2-3-8-6-9(15(22)23-11(8)10(7)12(20)21)24-14-19-18-13(25-14)17-5-4-16/h2-3,13,20,27H,4-10H2,1H3,(H,21,22)(H,25,26);2-3,9-10,17,23H,4-6H2,1H3,(H,18,19)(H,21,22);2-4,10,12,17,21-22H,1,5-7H2,(H,18,19);2-3,9,22H,4-6,16H2,1H3,(H,17,18)(H,20,21)/t13-;10-;12-;9-/m0000/s1. The van der Waals surface area contributed by atoms with Crippen LogP contribution in [0.2, 0.25) is 0 Å². The normalized spacial score (nSPS) is 18.7. The van der Waals surface area contributed by atoms with Crippen molar-refractivity contribution in [2.75, 3.05) is 99.8 Å². The van der Waals surface area contributed by atoms with Crippen LogP contribution in [0.1, 0.15) is 75.6 Å². The Morgan fingerprint density at radius 1 is 0.509 bits per heavy atom. The second kappa shape index (κ2) is 36.3. The second-order valence-electron chi connectivity index (χ2n) is 25.1. The molecule has 0 unspecified atom stereocenters. The molecule has 0 radical (unpaired) electrons. The molecule has 3 fully saturated rings. The topological polar surface area (TPSA) is 467 Å². The van der Waals surface area contributed by atoms with E-state index in [1.807, 2.05) is 30.3 Å². The molecule has 44 heteroatoms. The van der Waals surface area contributed by atoms with Gasteiger partial charge < -0.3 is 102 Å². The van der Waals surface area contributed by atoms with Gasteiger partial charge in [-0.05, 0) is 91.5 Å². The molecule has 0 spiro atoms. The first-order chi connectivity index (χ1) is 51.1. The number of aliphatic hydroxyl groups excluding tert-OH is 1. The number of aliphatic hydroxyl groups is 1. The van der Waals surface area contributed by atoms with Gasteiger partial charge in [0, 0.05) is 78.5 Å². The summed E-state index contributed by atoms with van der Waals surface area (Å²) >= 11 is 11.3. The van der Waals surface area contributed by atoms with Gasteiger partial charge in [0.05, 0.1) is 38.2 Å². The van der Waals surface area contributed by atoms with E-state index in [-0.39, 0.29) is 60.3 Å². The molecule has 0 amide bonds. The van der Waals surface area contributed by atoms with E-state index in [9.17, 15) is 54.9 Å². The number of fused-ring (bicyclic) bond motifs is 4. The lowest BCUT2D eigenvalue weighted by molar-refractivity contribution is 0.0682. The summed E-state index contributed by atoms with van der Waals surface area (Å²) in [4.78, 5) is 36.9. The van der Waals surface area contributed by atoms with Gasteiger partial charge in [-0.1, -0.05) is 148 Å². The number of aryl methyl sites for hydroxylation is 3. The maximum Gasteiger partial charge on any atom is 0.537 e. The van der Waals surface area contributed by atoms with Gasteiger partial charge in [-0.3, -0.25) is 4.90 Å². The second-order valence-corrected chi connectivity index (χ2v) is 34.9. The van der Waals surface area contributed by atoms with E-state index in [1.165, 1.54) is 92.4 Å². The van der Waals surface area contributed by atoms with Crippen molar-refractivity contribution in [2.24, 2.45) is 5.73 Å². The highest BCUT2D eigenvalue weighted by atomic mass is 32.2. The quantitative estimate of drug-likeness (QED) is 0.0307. The largest absolute Gasteiger partial charge is 0.537 e. The highest BCUT2D eigenvalue weighted by Gasteiger charge is 2.43. The molecular weight excluding hydrogens is 1520 g/mol. The fraction of sp³-hybridized carbons (Fsp3) is 0.403. The monoisotopic (exact) mass is 1600 g/mol. The van der Waals surface area contributed by atoms with Crippen LogP contribution in [-0.2, 0) is 25.7 Å². The van der Waals surface area contributed by atoms with Crippen LogP contribution in [0.3, 0.4) is 0 Å². The number of piperazine rings is 1. The molecule has 4 atom stereocenters. The highest BCUT2D eigenvalue weighted by molar-refractivity contribution is 8.03. The Bertz CT molecular complexity index is 4430. The third-order valence-corrected chi connectivity index (χ3v) is 26.2. The van der Waals surface area contributed by atoms with Gasteiger partial charge in [-0.25, -0.2) is 14.4 Å². The van der Waals surface area contributed by atoms with Gasteiger partial charge in [0.25, 0.3) is 0 Å². The van der Waals surface area contributed by atoms with Gasteiger partial charge in [0.1, 0.15) is 45.4 Å². The number of aromatic nitrogens is 8. The molecule has 106 heavy (non-hydrogen) atoms. The van der Waals surface area contributed by atoms with Crippen molar-refractivity contribution in [3.8, 4) is 23.0 Å². The van der Waals surface area contributed by atoms with Crippen LogP contribution in [0.15, 0.2) is 78.5 Å². The summed E-state index contributed by atoms with van der Waals surface area (Å²) in [6.07, 6.45) is 2.08. The first kappa shape index (κ1) is 78.4. The summed E-state index contributed by atoms with van der Waals surface area (Å²) in [5.41, 5.74) is 11.3. The van der Waals surface area contributed by atoms with Crippen LogP contribution in [-0.4, -0.2) is 244 Å². The molecule has 0 aliphatic carbocycles. The first-order valence-corrected chi connectivity index (χ1v) is 40.4. The van der Waals surface area contributed by atoms with E-state index in [1.54, 1.807) is 45.0 Å². The Hall–Kier alpha value is -7.23. The van der Waals surface area contributed by atoms with Crippen LogP contribution in [0.5, 0.6) is 23.0 Å². The van der Waals surface area contributed by atoms with E-state index in [4.69, 9.17) is 24.4 Å². The number of hydrogen-bond donors (Lipinski definition) is 16. The summed E-state index contributed by atoms with van der Waals surface area (Å²) < 4.78 is 25.3. The average Bonchev–Trinajstić information content (AvgIpc) is 0.971. The Morgan fingerprint density at radius 2 is 0.858 bits per heavy atom. The minimum Gasteiger partial charge on any atom is -0.535 e. The van der Waals surface area contributed by atoms with Gasteiger partial charge in [-0.2, -0.15) is 0 Å². The van der Waals surface area contributed by atoms with Gasteiger partial charge in [-0.15, -0.1) is 40.8 Å². The molecule has 558 valence electrons. The molecule has 8 aromatic rings. The van der Waals surface area contributed by atoms with Crippen LogP contribution < -0.4 is 61.6 Å². The minimum absolute atomic E-state index is 0.0690. The van der Waals surface area contributed by atoms with E-state index in [2.05, 4.69) is 89.5 Å². The summed E-state index contributed by atoms with van der Waals surface area (Å²) in [5.74, 6) is -1.96. The SMILES string of the molecule is C=C(O)c1cccc2c1OB(O)[C@@H](Sc1nnc(NC3CNC3)s1)C2.Cc1ccc2c(c1C(=O)O)OB(O)[C@@H](Sc1nnc(NC3CNC3)s1)C2.Cc1ccc2c(c1C(=O)O)OB(O)[C@@H](Sc1nnc(NCCN)s1)C2.Cc1ccc2c(c1C(=O)O)OB(O)[C@@H](Sc1nnc(NCCN3CCNCC3)s1)C2. The predicted octanol–water partition coefficient (Wildman–Crippen LogP) is 4.62. The number of carbonyl (C=O) groups is 3. The van der Waals surface area contributed by atoms with Crippen LogP contribution in [0, 0.1) is 20.8 Å². The van der Waals surface area contributed by atoms with E-state index in [0.29, 0.717) is 88.3 Å². The summed E-state index contributed by atoms with van der Waals surface area (Å²) in [6.45, 7) is 19.4. The summed E-state index contributed by atoms with van der Waals surface area (Å²) in [5, 5.41) is 137. The number of para-hydroxylation sites is 1. The zero-order valence-electron chi connectivity index (χ0n) is 57.3. The lowest BCUT2D eigenvalue weighted by Gasteiger charge is -2.28. The fourth-order valence-electron chi connectivity index (χ4n) is 11.8. The smallest absolute Gasteiger partial charge is 0.535 e. The number of rotatable bonds is 23. The molecule has 4 aromatic heterocycles. The molecular formula is C62H75B4N17O15S8. The van der Waals surface area contributed by atoms with E-state index < -0.39 is 46.4 Å². The van der Waals surface area contributed by atoms with Crippen molar-refractivity contribution in [2.45, 2.75) is 96.5 Å². The number of carboxylic acids is 3. The number of benzene rings is 4. The Morgan fingerprint density at radius 3 is 1.21 bits per heavy atom. The Labute approximate surface area is 643 Å². The number of nitrogens with zero attached hydrogens (tertiary/aromatic N) is 9. The number of anilines is 4. The summed E-state index contributed by atoms with van der Waals surface area (Å²) in [6, 6.07) is 17.1. The van der Waals surface area contributed by atoms with Gasteiger partial charge in [0.2, 0.25) is 20.5 Å². The molecule has 15 rings (SSSR count). The number of nitrogens with one attached hydrogen (secondary N) is 7. The maximum atomic E-state index is 11.6. The van der Waals surface area contributed by atoms with E-state index >= 15 is 0 Å². The molecule has 7 aliphatic rings. The molecule has 0 bridgehead atoms. The van der Waals surface area contributed by atoms with Crippen molar-refractivity contribution in [3.63, 3.8) is 0 Å². The third-order valence-electron chi connectivity index (χ3n) is 17.5. The lowest BCUT2D eigenvalue weighted by Crippen LogP contribution is -2.51. The van der Waals surface area contributed by atoms with E-state index in [0.717, 1.165) is 116 Å². The van der Waals surface area contributed by atoms with Gasteiger partial charge in [0.15, 0.2) is 17.4 Å². The Balaban J connectivity index is 0.000000133. The fourth-order valence-corrected chi connectivity index (χ4v) is 20.2. The molecule has 32 nitrogen and oxygen atoms in total. The van der Waals surface area contributed by atoms with Crippen molar-refractivity contribution in [1.82, 2.24) is 61.6 Å². The van der Waals surface area contributed by atoms with Crippen LogP contribution >= 0.6 is 92.4 Å². The molecule has 3 saturated heterocycles. The highest BCUT2D eigenvalue weighted by Crippen LogP contribution is 2.44. The Kier molecular flexibility index (Phi) is 26.8. The average molecular weight is 1600 g/mol. The molecule has 0 saturated carbocycles. The van der Waals surface area contributed by atoms with Crippen molar-refractivity contribution < 1.29 is 73.5 Å². The number of thioether (sulfide) groups is 4. The number of nitrogens with two attached hydrogens (primary N) is 1. The zero-order valence-corrected chi connectivity index (χ0v) is 63.8. The number of carboxylic acid groups (broad SMARTS) is 3. The molecule has 7 aliphatic heterocycles. The van der Waals surface area contributed by atoms with Gasteiger partial charge >= 0.3 is 46.4 Å². The number of aromatic carboxylic acids is 3. The van der Waals surface area contributed by atoms with Crippen LogP contribution in [0.25, 0.3) is 5.76 Å². The number of hydrogen-bond acceptors (Lipinski definition) is 37. The summed E-state index contributed by atoms with van der Waals surface area (Å²) in [7, 11) is -4.34.